The summed E-state index contributed by atoms with van der Waals surface area (Å²) in [7, 11) is 4.54. The summed E-state index contributed by atoms with van der Waals surface area (Å²) in [6, 6.07) is -1.14. The number of allylic oxidation sites excluding steroid dienone is 6. The van der Waals surface area contributed by atoms with E-state index in [-0.39, 0.29) is 54.8 Å². The fourth-order valence-corrected chi connectivity index (χ4v) is 10.1. The Kier molecular flexibility index (Phi) is 21.6. The van der Waals surface area contributed by atoms with Gasteiger partial charge in [-0.2, -0.15) is 0 Å². The number of hydrogen-bond donors (Lipinski definition) is 3. The molecule has 2 saturated heterocycles. The lowest BCUT2D eigenvalue weighted by molar-refractivity contribution is -0.265. The smallest absolute Gasteiger partial charge is 0.329 e. The molecule has 1 amide bonds. The molecule has 66 heavy (non-hydrogen) atoms. The minimum atomic E-state index is -2.43. The molecule has 0 aromatic heterocycles. The molecule has 4 rings (SSSR count). The Bertz CT molecular complexity index is 1770. The molecular weight excluding hydrogens is 847 g/mol. The average Bonchev–Trinajstić information content (AvgIpc) is 3.30. The first-order valence-corrected chi connectivity index (χ1v) is 24.4. The Morgan fingerprint density at radius 3 is 2.26 bits per heavy atom. The van der Waals surface area contributed by atoms with Crippen molar-refractivity contribution in [3.63, 3.8) is 0 Å². The van der Waals surface area contributed by atoms with Gasteiger partial charge in [0.15, 0.2) is 11.6 Å². The van der Waals surface area contributed by atoms with Gasteiger partial charge in [0.05, 0.1) is 30.5 Å². The standard InChI is InChI=1S/C52H81NO13/c1-31-16-12-11-13-17-32(2)43(62-8)29-39-23-21-37(7)52(61,66-39)49(58)50(59)53-25-15-14-18-40(53)51(60)65-44(35(5)27-38-22-24-41(54)45(28-38)63-9)30-42(55)34(4)26-36(6)47(57)48(64-10)46(56)33(3)20-19-31/h11-13,16-17,26,31,33,35-41,43-45,47-48,54,57,61H,14-15,18-25,27-30H2,1-10H3/t31-,33-,35-,36?,37-,38+,39+,40+,41-,43+,44+,45-,47-,48+,52-/m1/s1. The van der Waals surface area contributed by atoms with Gasteiger partial charge in [-0.1, -0.05) is 71.1 Å². The van der Waals surface area contributed by atoms with E-state index < -0.39 is 83.9 Å². The van der Waals surface area contributed by atoms with Crippen LogP contribution in [0.4, 0.5) is 0 Å². The number of ketones is 3. The Balaban J connectivity index is 1.69. The van der Waals surface area contributed by atoms with Gasteiger partial charge in [-0.05, 0) is 113 Å². The van der Waals surface area contributed by atoms with Gasteiger partial charge in [-0.25, -0.2) is 4.79 Å². The molecular formula is C52H81NO13. The molecule has 3 aliphatic heterocycles. The molecule has 2 bridgehead atoms. The monoisotopic (exact) mass is 928 g/mol. The molecule has 0 aromatic rings. The Morgan fingerprint density at radius 2 is 1.58 bits per heavy atom. The van der Waals surface area contributed by atoms with E-state index in [9.17, 15) is 39.3 Å². The van der Waals surface area contributed by atoms with E-state index >= 15 is 0 Å². The van der Waals surface area contributed by atoms with Crippen molar-refractivity contribution in [3.05, 3.63) is 47.6 Å². The first-order chi connectivity index (χ1) is 31.2. The van der Waals surface area contributed by atoms with Crippen molar-refractivity contribution >= 4 is 29.2 Å². The van der Waals surface area contributed by atoms with Crippen LogP contribution in [0.5, 0.6) is 0 Å². The zero-order valence-electron chi connectivity index (χ0n) is 41.3. The summed E-state index contributed by atoms with van der Waals surface area (Å²) in [6.07, 6.45) is 12.3. The highest BCUT2D eigenvalue weighted by molar-refractivity contribution is 6.39. The van der Waals surface area contributed by atoms with Crippen molar-refractivity contribution in [1.29, 1.82) is 0 Å². The van der Waals surface area contributed by atoms with Crippen molar-refractivity contribution in [2.75, 3.05) is 27.9 Å². The average molecular weight is 928 g/mol. The third-order valence-electron chi connectivity index (χ3n) is 14.8. The van der Waals surface area contributed by atoms with Crippen LogP contribution in [0.3, 0.4) is 0 Å². The van der Waals surface area contributed by atoms with Crippen LogP contribution in [-0.4, -0.2) is 132 Å². The van der Waals surface area contributed by atoms with Gasteiger partial charge in [0, 0.05) is 58.5 Å². The fourth-order valence-electron chi connectivity index (χ4n) is 10.1. The molecule has 14 nitrogen and oxygen atoms in total. The molecule has 1 aliphatic carbocycles. The lowest BCUT2D eigenvalue weighted by atomic mass is 9.78. The van der Waals surface area contributed by atoms with Crippen molar-refractivity contribution in [3.8, 4) is 0 Å². The van der Waals surface area contributed by atoms with Crippen LogP contribution in [0.1, 0.15) is 132 Å². The van der Waals surface area contributed by atoms with Gasteiger partial charge in [0.25, 0.3) is 11.7 Å². The number of piperidine rings is 1. The number of esters is 1. The lowest BCUT2D eigenvalue weighted by Crippen LogP contribution is -2.61. The first-order valence-electron chi connectivity index (χ1n) is 24.4. The number of carbonyl (C=O) groups is 5. The molecule has 3 N–H and O–H groups in total. The Morgan fingerprint density at radius 1 is 0.848 bits per heavy atom. The van der Waals surface area contributed by atoms with Gasteiger partial charge < -0.3 is 43.9 Å². The van der Waals surface area contributed by atoms with Crippen LogP contribution in [-0.2, 0) is 47.7 Å². The molecule has 1 unspecified atom stereocenters. The van der Waals surface area contributed by atoms with Gasteiger partial charge in [-0.3, -0.25) is 19.2 Å². The second-order valence-electron chi connectivity index (χ2n) is 19.9. The molecule has 4 aliphatic rings. The summed E-state index contributed by atoms with van der Waals surface area (Å²) in [5.74, 6) is -7.71. The zero-order chi connectivity index (χ0) is 48.9. The summed E-state index contributed by atoms with van der Waals surface area (Å²) in [5.41, 5.74) is 1.21. The van der Waals surface area contributed by atoms with E-state index in [4.69, 9.17) is 23.7 Å². The number of rotatable bonds is 6. The van der Waals surface area contributed by atoms with Gasteiger partial charge in [0.1, 0.15) is 18.2 Å². The third kappa shape index (κ3) is 14.6. The number of aliphatic hydroxyl groups is 3. The van der Waals surface area contributed by atoms with Gasteiger partial charge >= 0.3 is 5.97 Å². The number of Topliss-reactive ketones (excluding diaryl/α,β-unsaturated/α-hetero) is 3. The number of carbonyl (C=O) groups excluding carboxylic acids is 5. The predicted octanol–water partition coefficient (Wildman–Crippen LogP) is 6.57. The number of hydrogen-bond acceptors (Lipinski definition) is 13. The lowest BCUT2D eigenvalue weighted by Gasteiger charge is -2.42. The molecule has 1 saturated carbocycles. The van der Waals surface area contributed by atoms with E-state index in [0.29, 0.717) is 63.4 Å². The molecule has 15 atom stereocenters. The van der Waals surface area contributed by atoms with Crippen LogP contribution in [0.2, 0.25) is 0 Å². The van der Waals surface area contributed by atoms with E-state index in [1.54, 1.807) is 41.1 Å². The molecule has 14 heteroatoms. The number of amides is 1. The van der Waals surface area contributed by atoms with E-state index in [2.05, 4.69) is 13.0 Å². The number of cyclic esters (lactones) is 1. The highest BCUT2D eigenvalue weighted by Crippen LogP contribution is 2.38. The van der Waals surface area contributed by atoms with Crippen molar-refractivity contribution in [2.45, 2.75) is 186 Å². The summed E-state index contributed by atoms with van der Waals surface area (Å²) in [6.45, 7) is 12.8. The topological polar surface area (TPSA) is 195 Å². The summed E-state index contributed by atoms with van der Waals surface area (Å²) >= 11 is 0. The minimum Gasteiger partial charge on any atom is -0.460 e. The van der Waals surface area contributed by atoms with Crippen molar-refractivity contribution in [1.82, 2.24) is 4.90 Å². The molecule has 3 fully saturated rings. The number of fused-ring (bicyclic) bond motifs is 3. The zero-order valence-corrected chi connectivity index (χ0v) is 41.3. The molecule has 372 valence electrons. The minimum absolute atomic E-state index is 0.0867. The maximum absolute atomic E-state index is 14.4. The third-order valence-corrected chi connectivity index (χ3v) is 14.8. The molecule has 0 aromatic carbocycles. The van der Waals surface area contributed by atoms with Crippen LogP contribution in [0, 0.1) is 35.5 Å². The second kappa shape index (κ2) is 25.8. The largest absolute Gasteiger partial charge is 0.460 e. The van der Waals surface area contributed by atoms with E-state index in [1.807, 2.05) is 45.1 Å². The van der Waals surface area contributed by atoms with Crippen molar-refractivity contribution < 1.29 is 63.0 Å². The van der Waals surface area contributed by atoms with Crippen LogP contribution in [0.15, 0.2) is 47.6 Å². The number of methoxy groups -OCH3 is 3. The maximum Gasteiger partial charge on any atom is 0.329 e. The maximum atomic E-state index is 14.4. The van der Waals surface area contributed by atoms with Crippen LogP contribution >= 0.6 is 0 Å². The molecule has 3 heterocycles. The normalized spacial score (nSPS) is 37.6. The van der Waals surface area contributed by atoms with Gasteiger partial charge in [0.2, 0.25) is 5.79 Å². The predicted molar refractivity (Wildman–Crippen MR) is 250 cm³/mol. The van der Waals surface area contributed by atoms with E-state index in [0.717, 1.165) is 18.4 Å². The fraction of sp³-hybridized carbons (Fsp3) is 0.750. The first kappa shape index (κ1) is 55.2. The van der Waals surface area contributed by atoms with Gasteiger partial charge in [-0.15, -0.1) is 0 Å². The SMILES string of the molecule is CO[C@H]1C[C@@H]2CC[C@@H](C)[C@@](O)(O2)C(=O)C(=O)N2CCCC[C@H]2C(=O)O[C@H]([C@H](C)C[C@@H]2CC[C@@H](O)[C@H](OC)C2)CC(=O)C(C)=CC(C)[C@@H](O)[C@@H](OC)C(=O)[C@H](C)CC[C@H](C)C=CC=CC=C1C. The highest BCUT2D eigenvalue weighted by Gasteiger charge is 2.53. The second-order valence-corrected chi connectivity index (χ2v) is 19.9. The van der Waals surface area contributed by atoms with E-state index in [1.165, 1.54) is 12.0 Å². The van der Waals surface area contributed by atoms with Crippen LogP contribution < -0.4 is 0 Å². The summed E-state index contributed by atoms with van der Waals surface area (Å²) in [4.78, 5) is 71.8. The quantitative estimate of drug-likeness (QED) is 0.191. The number of nitrogens with zero attached hydrogens (tertiary/aromatic N) is 1. The number of aliphatic hydroxyl groups excluding tert-OH is 2. The van der Waals surface area contributed by atoms with Crippen LogP contribution in [0.25, 0.3) is 0 Å². The summed E-state index contributed by atoms with van der Waals surface area (Å²) in [5, 5.41) is 33.9. The Hall–Kier alpha value is -3.37. The molecule has 0 spiro atoms. The summed E-state index contributed by atoms with van der Waals surface area (Å²) < 4.78 is 29.4. The van der Waals surface area contributed by atoms with Crippen molar-refractivity contribution in [2.24, 2.45) is 35.5 Å². The molecule has 0 radical (unpaired) electrons. The number of ether oxygens (including phenoxy) is 5. The Labute approximate surface area is 393 Å². The highest BCUT2D eigenvalue weighted by atomic mass is 16.6.